The summed E-state index contributed by atoms with van der Waals surface area (Å²) in [6.07, 6.45) is 1.92. The highest BCUT2D eigenvalue weighted by molar-refractivity contribution is 6.33. The molecule has 1 fully saturated rings. The predicted molar refractivity (Wildman–Crippen MR) is 73.7 cm³/mol. The monoisotopic (exact) mass is 267 g/mol. The summed E-state index contributed by atoms with van der Waals surface area (Å²) in [5, 5.41) is 3.39. The first-order valence-electron chi connectivity index (χ1n) is 6.17. The molecule has 0 atom stereocenters. The highest BCUT2D eigenvalue weighted by Crippen LogP contribution is 2.20. The Morgan fingerprint density at radius 2 is 2.06 bits per heavy atom. The zero-order valence-corrected chi connectivity index (χ0v) is 11.0. The molecule has 5 heteroatoms. The minimum absolute atomic E-state index is 0.0291. The van der Waals surface area contributed by atoms with E-state index >= 15 is 0 Å². The first kappa shape index (κ1) is 13.3. The van der Waals surface area contributed by atoms with Crippen LogP contribution < -0.4 is 11.1 Å². The lowest BCUT2D eigenvalue weighted by Crippen LogP contribution is -2.43. The van der Waals surface area contributed by atoms with E-state index in [1.807, 2.05) is 12.1 Å². The van der Waals surface area contributed by atoms with Crippen LogP contribution in [0.25, 0.3) is 0 Å². The summed E-state index contributed by atoms with van der Waals surface area (Å²) in [7, 11) is 0. The van der Waals surface area contributed by atoms with E-state index in [-0.39, 0.29) is 11.9 Å². The van der Waals surface area contributed by atoms with Gasteiger partial charge in [-0.3, -0.25) is 9.69 Å². The smallest absolute Gasteiger partial charge is 0.238 e. The molecule has 1 amide bonds. The molecule has 0 spiro atoms. The maximum atomic E-state index is 11.9. The van der Waals surface area contributed by atoms with Crippen molar-refractivity contribution in [3.63, 3.8) is 0 Å². The van der Waals surface area contributed by atoms with E-state index in [0.29, 0.717) is 17.3 Å². The zero-order valence-electron chi connectivity index (χ0n) is 10.2. The van der Waals surface area contributed by atoms with Crippen LogP contribution >= 0.6 is 11.6 Å². The summed E-state index contributed by atoms with van der Waals surface area (Å²) in [5.74, 6) is -0.0291. The van der Waals surface area contributed by atoms with Crippen molar-refractivity contribution in [3.05, 3.63) is 29.3 Å². The summed E-state index contributed by atoms with van der Waals surface area (Å²) < 4.78 is 0. The number of piperidine rings is 1. The topological polar surface area (TPSA) is 58.4 Å². The van der Waals surface area contributed by atoms with E-state index in [1.54, 1.807) is 12.1 Å². The van der Waals surface area contributed by atoms with Crippen molar-refractivity contribution in [1.82, 2.24) is 4.90 Å². The Balaban J connectivity index is 1.84. The number of benzene rings is 1. The quantitative estimate of drug-likeness (QED) is 0.876. The first-order chi connectivity index (χ1) is 8.65. The lowest BCUT2D eigenvalue weighted by Gasteiger charge is -2.29. The third-order valence-electron chi connectivity index (χ3n) is 3.15. The Kier molecular flexibility index (Phi) is 4.58. The van der Waals surface area contributed by atoms with Gasteiger partial charge in [-0.15, -0.1) is 0 Å². The zero-order chi connectivity index (χ0) is 13.0. The van der Waals surface area contributed by atoms with E-state index in [4.69, 9.17) is 17.3 Å². The van der Waals surface area contributed by atoms with Gasteiger partial charge in [0.2, 0.25) is 5.91 Å². The summed E-state index contributed by atoms with van der Waals surface area (Å²) >= 11 is 5.99. The Morgan fingerprint density at radius 1 is 1.39 bits per heavy atom. The first-order valence-corrected chi connectivity index (χ1v) is 6.55. The van der Waals surface area contributed by atoms with E-state index in [1.165, 1.54) is 0 Å². The fraction of sp³-hybridized carbons (Fsp3) is 0.462. The molecule has 98 valence electrons. The second kappa shape index (κ2) is 6.18. The molecule has 0 radical (unpaired) electrons. The fourth-order valence-electron chi connectivity index (χ4n) is 2.07. The number of hydrogen-bond acceptors (Lipinski definition) is 3. The summed E-state index contributed by atoms with van der Waals surface area (Å²) in [5.41, 5.74) is 6.49. The lowest BCUT2D eigenvalue weighted by molar-refractivity contribution is -0.117. The van der Waals surface area contributed by atoms with Crippen LogP contribution in [-0.2, 0) is 4.79 Å². The molecule has 1 saturated heterocycles. The van der Waals surface area contributed by atoms with E-state index in [0.717, 1.165) is 25.9 Å². The molecule has 2 rings (SSSR count). The molecule has 0 bridgehead atoms. The number of hydrogen-bond donors (Lipinski definition) is 2. The average molecular weight is 268 g/mol. The summed E-state index contributed by atoms with van der Waals surface area (Å²) in [4.78, 5) is 14.0. The van der Waals surface area contributed by atoms with Crippen LogP contribution in [0.1, 0.15) is 12.8 Å². The van der Waals surface area contributed by atoms with E-state index in [9.17, 15) is 4.79 Å². The molecule has 0 aromatic heterocycles. The Hall–Kier alpha value is -1.10. The Bertz CT molecular complexity index is 416. The van der Waals surface area contributed by atoms with Crippen LogP contribution in [0.4, 0.5) is 5.69 Å². The third-order valence-corrected chi connectivity index (χ3v) is 3.48. The number of anilines is 1. The number of nitrogens with one attached hydrogen (secondary N) is 1. The summed E-state index contributed by atoms with van der Waals surface area (Å²) in [6, 6.07) is 7.53. The van der Waals surface area contributed by atoms with Gasteiger partial charge < -0.3 is 11.1 Å². The molecular formula is C13H18ClN3O. The van der Waals surface area contributed by atoms with Gasteiger partial charge in [-0.1, -0.05) is 23.7 Å². The van der Waals surface area contributed by atoms with Gasteiger partial charge in [0.1, 0.15) is 0 Å². The molecule has 1 aliphatic heterocycles. The van der Waals surface area contributed by atoms with E-state index in [2.05, 4.69) is 10.2 Å². The predicted octanol–water partition coefficient (Wildman–Crippen LogP) is 1.70. The molecule has 0 unspecified atom stereocenters. The van der Waals surface area contributed by atoms with Crippen LogP contribution in [0.3, 0.4) is 0 Å². The molecule has 4 nitrogen and oxygen atoms in total. The number of nitrogens with zero attached hydrogens (tertiary/aromatic N) is 1. The van der Waals surface area contributed by atoms with Crippen molar-refractivity contribution in [2.75, 3.05) is 25.0 Å². The molecule has 1 aliphatic rings. The normalized spacial score (nSPS) is 17.7. The van der Waals surface area contributed by atoms with E-state index < -0.39 is 0 Å². The maximum absolute atomic E-state index is 11.9. The second-order valence-electron chi connectivity index (χ2n) is 4.64. The van der Waals surface area contributed by atoms with Crippen molar-refractivity contribution in [3.8, 4) is 0 Å². The number of rotatable bonds is 3. The Morgan fingerprint density at radius 3 is 2.72 bits per heavy atom. The van der Waals surface area contributed by atoms with Gasteiger partial charge in [-0.2, -0.15) is 0 Å². The number of carbonyl (C=O) groups is 1. The number of amides is 1. The maximum Gasteiger partial charge on any atom is 0.238 e. The van der Waals surface area contributed by atoms with Gasteiger partial charge >= 0.3 is 0 Å². The van der Waals surface area contributed by atoms with Crippen LogP contribution in [0.5, 0.6) is 0 Å². The minimum atomic E-state index is -0.0291. The average Bonchev–Trinajstić information content (AvgIpc) is 2.35. The minimum Gasteiger partial charge on any atom is -0.328 e. The molecule has 0 aliphatic carbocycles. The van der Waals surface area contributed by atoms with Crippen molar-refractivity contribution >= 4 is 23.2 Å². The largest absolute Gasteiger partial charge is 0.328 e. The molecule has 0 saturated carbocycles. The van der Waals surface area contributed by atoms with Crippen LogP contribution in [-0.4, -0.2) is 36.5 Å². The standard InChI is InChI=1S/C13H18ClN3O/c14-11-3-1-2-4-12(11)16-13(18)9-17-7-5-10(15)6-8-17/h1-4,10H,5-9,15H2,(H,16,18). The van der Waals surface area contributed by atoms with Gasteiger partial charge in [-0.05, 0) is 25.0 Å². The van der Waals surface area contributed by atoms with Gasteiger partial charge in [0.15, 0.2) is 0 Å². The van der Waals surface area contributed by atoms with Crippen molar-refractivity contribution in [2.24, 2.45) is 5.73 Å². The van der Waals surface area contributed by atoms with Gasteiger partial charge in [0.25, 0.3) is 0 Å². The number of halogens is 1. The number of likely N-dealkylation sites (tertiary alicyclic amines) is 1. The SMILES string of the molecule is NC1CCN(CC(=O)Nc2ccccc2Cl)CC1. The van der Waals surface area contributed by atoms with Crippen molar-refractivity contribution < 1.29 is 4.79 Å². The molecule has 1 heterocycles. The second-order valence-corrected chi connectivity index (χ2v) is 5.05. The van der Waals surface area contributed by atoms with Crippen LogP contribution in [0, 0.1) is 0 Å². The third kappa shape index (κ3) is 3.70. The fourth-order valence-corrected chi connectivity index (χ4v) is 2.25. The molecule has 3 N–H and O–H groups in total. The molecular weight excluding hydrogens is 250 g/mol. The number of para-hydroxylation sites is 1. The highest BCUT2D eigenvalue weighted by atomic mass is 35.5. The van der Waals surface area contributed by atoms with Gasteiger partial charge in [0.05, 0.1) is 17.3 Å². The van der Waals surface area contributed by atoms with Crippen molar-refractivity contribution in [2.45, 2.75) is 18.9 Å². The van der Waals surface area contributed by atoms with Crippen LogP contribution in [0.2, 0.25) is 5.02 Å². The van der Waals surface area contributed by atoms with Crippen molar-refractivity contribution in [1.29, 1.82) is 0 Å². The molecule has 1 aromatic rings. The molecule has 18 heavy (non-hydrogen) atoms. The summed E-state index contributed by atoms with van der Waals surface area (Å²) in [6.45, 7) is 2.17. The lowest BCUT2D eigenvalue weighted by atomic mass is 10.1. The van der Waals surface area contributed by atoms with Gasteiger partial charge in [-0.25, -0.2) is 0 Å². The molecule has 1 aromatic carbocycles. The Labute approximate surface area is 112 Å². The number of carbonyl (C=O) groups excluding carboxylic acids is 1. The highest BCUT2D eigenvalue weighted by Gasteiger charge is 2.18. The number of nitrogens with two attached hydrogens (primary N) is 1. The van der Waals surface area contributed by atoms with Crippen LogP contribution in [0.15, 0.2) is 24.3 Å². The van der Waals surface area contributed by atoms with Gasteiger partial charge in [0, 0.05) is 19.1 Å².